The summed E-state index contributed by atoms with van der Waals surface area (Å²) in [6, 6.07) is 9.24. The van der Waals surface area contributed by atoms with Gasteiger partial charge in [-0.15, -0.1) is 0 Å². The highest BCUT2D eigenvalue weighted by Crippen LogP contribution is 2.25. The summed E-state index contributed by atoms with van der Waals surface area (Å²) in [6.45, 7) is 1.94. The quantitative estimate of drug-likeness (QED) is 0.865. The number of carbonyl (C=O) groups is 2. The van der Waals surface area contributed by atoms with Crippen LogP contribution in [0.5, 0.6) is 0 Å². The number of hydrogen-bond acceptors (Lipinski definition) is 3. The van der Waals surface area contributed by atoms with Gasteiger partial charge in [-0.1, -0.05) is 30.3 Å². The Balaban J connectivity index is 2.14. The van der Waals surface area contributed by atoms with Crippen molar-refractivity contribution < 1.29 is 19.4 Å². The zero-order chi connectivity index (χ0) is 12.4. The Morgan fingerprint density at radius 1 is 1.47 bits per heavy atom. The van der Waals surface area contributed by atoms with Crippen molar-refractivity contribution in [2.45, 2.75) is 19.1 Å². The van der Waals surface area contributed by atoms with E-state index in [9.17, 15) is 9.59 Å². The molecule has 0 aliphatic carbocycles. The minimum absolute atomic E-state index is 0.0875. The van der Waals surface area contributed by atoms with E-state index in [-0.39, 0.29) is 12.6 Å². The molecule has 1 heterocycles. The first-order valence-corrected chi connectivity index (χ1v) is 5.34. The van der Waals surface area contributed by atoms with Crippen LogP contribution >= 0.6 is 0 Å². The molecule has 1 saturated heterocycles. The van der Waals surface area contributed by atoms with Crippen molar-refractivity contribution in [2.75, 3.05) is 6.54 Å². The molecule has 2 rings (SSSR count). The molecule has 17 heavy (non-hydrogen) atoms. The predicted octanol–water partition coefficient (Wildman–Crippen LogP) is 1.65. The lowest BCUT2D eigenvalue weighted by Crippen LogP contribution is -2.30. The van der Waals surface area contributed by atoms with Crippen molar-refractivity contribution in [3.8, 4) is 0 Å². The summed E-state index contributed by atoms with van der Waals surface area (Å²) in [5.74, 6) is -1.11. The van der Waals surface area contributed by atoms with Gasteiger partial charge in [0.1, 0.15) is 0 Å². The minimum Gasteiger partial charge on any atom is -0.478 e. The van der Waals surface area contributed by atoms with Crippen molar-refractivity contribution in [2.24, 2.45) is 0 Å². The van der Waals surface area contributed by atoms with E-state index in [0.29, 0.717) is 0 Å². The van der Waals surface area contributed by atoms with Gasteiger partial charge in [0.15, 0.2) is 0 Å². The van der Waals surface area contributed by atoms with Gasteiger partial charge >= 0.3 is 12.1 Å². The third kappa shape index (κ3) is 2.22. The molecule has 90 valence electrons. The van der Waals surface area contributed by atoms with Gasteiger partial charge in [-0.2, -0.15) is 0 Å². The fourth-order valence-corrected chi connectivity index (χ4v) is 1.84. The molecular formula is C12H13NO4. The number of carbonyl (C=O) groups excluding carboxylic acids is 1. The number of carboxylic acid groups (broad SMARTS) is 1. The molecule has 1 N–H and O–H groups in total. The van der Waals surface area contributed by atoms with Gasteiger partial charge in [0.25, 0.3) is 0 Å². The van der Waals surface area contributed by atoms with Crippen LogP contribution in [0.2, 0.25) is 0 Å². The smallest absolute Gasteiger partial charge is 0.411 e. The summed E-state index contributed by atoms with van der Waals surface area (Å²) in [6.07, 6.45) is -1.64. The van der Waals surface area contributed by atoms with Gasteiger partial charge in [0.05, 0.1) is 12.6 Å². The molecule has 0 unspecified atom stereocenters. The number of rotatable bonds is 3. The zero-order valence-corrected chi connectivity index (χ0v) is 9.37. The van der Waals surface area contributed by atoms with E-state index >= 15 is 0 Å². The first kappa shape index (κ1) is 11.4. The molecule has 1 aliphatic heterocycles. The average molecular weight is 235 g/mol. The fraction of sp³-hybridized carbons (Fsp3) is 0.333. The molecular weight excluding hydrogens is 222 g/mol. The van der Waals surface area contributed by atoms with E-state index in [4.69, 9.17) is 9.84 Å². The van der Waals surface area contributed by atoms with Gasteiger partial charge in [0, 0.05) is 0 Å². The zero-order valence-electron chi connectivity index (χ0n) is 9.37. The van der Waals surface area contributed by atoms with Gasteiger partial charge < -0.3 is 9.84 Å². The van der Waals surface area contributed by atoms with E-state index in [1.807, 2.05) is 37.3 Å². The van der Waals surface area contributed by atoms with Crippen LogP contribution in [0.3, 0.4) is 0 Å². The Kier molecular flexibility index (Phi) is 2.99. The van der Waals surface area contributed by atoms with Crippen molar-refractivity contribution in [3.63, 3.8) is 0 Å². The summed E-state index contributed by atoms with van der Waals surface area (Å²) < 4.78 is 4.77. The number of ether oxygens (including phenoxy) is 1. The van der Waals surface area contributed by atoms with Crippen molar-refractivity contribution in [1.82, 2.24) is 4.90 Å². The van der Waals surface area contributed by atoms with Crippen LogP contribution in [-0.4, -0.2) is 34.7 Å². The van der Waals surface area contributed by atoms with Crippen LogP contribution in [0, 0.1) is 0 Å². The van der Waals surface area contributed by atoms with E-state index in [1.165, 1.54) is 4.90 Å². The Morgan fingerprint density at radius 3 is 2.65 bits per heavy atom. The molecule has 1 fully saturated rings. The van der Waals surface area contributed by atoms with Crippen molar-refractivity contribution in [3.05, 3.63) is 35.9 Å². The van der Waals surface area contributed by atoms with Crippen LogP contribution in [0.15, 0.2) is 30.3 Å². The van der Waals surface area contributed by atoms with Crippen LogP contribution in [0.4, 0.5) is 4.79 Å². The van der Waals surface area contributed by atoms with Crippen LogP contribution in [0.1, 0.15) is 18.5 Å². The standard InChI is InChI=1S/C12H13NO4/c1-8(9-5-3-2-4-6-9)13-7-10(11(14)15)17-12(13)16/h2-6,8,10H,7H2,1H3,(H,14,15)/t8-,10+/m1/s1. The number of cyclic esters (lactones) is 1. The highest BCUT2D eigenvalue weighted by atomic mass is 16.6. The second-order valence-electron chi connectivity index (χ2n) is 3.95. The minimum atomic E-state index is -1.11. The molecule has 0 radical (unpaired) electrons. The second kappa shape index (κ2) is 4.45. The molecule has 5 nitrogen and oxygen atoms in total. The predicted molar refractivity (Wildman–Crippen MR) is 59.5 cm³/mol. The number of nitrogens with zero attached hydrogens (tertiary/aromatic N) is 1. The SMILES string of the molecule is C[C@H](c1ccccc1)N1C[C@@H](C(=O)O)OC1=O. The maximum absolute atomic E-state index is 11.5. The van der Waals surface area contributed by atoms with Crippen LogP contribution < -0.4 is 0 Å². The Bertz CT molecular complexity index is 431. The van der Waals surface area contributed by atoms with E-state index in [0.717, 1.165) is 5.56 Å². The lowest BCUT2D eigenvalue weighted by atomic mass is 10.1. The van der Waals surface area contributed by atoms with E-state index < -0.39 is 18.2 Å². The topological polar surface area (TPSA) is 66.8 Å². The summed E-state index contributed by atoms with van der Waals surface area (Å²) >= 11 is 0. The van der Waals surface area contributed by atoms with Crippen molar-refractivity contribution >= 4 is 12.1 Å². The van der Waals surface area contributed by atoms with Gasteiger partial charge in [-0.05, 0) is 12.5 Å². The molecule has 0 aromatic heterocycles. The van der Waals surface area contributed by atoms with Crippen LogP contribution in [-0.2, 0) is 9.53 Å². The molecule has 0 bridgehead atoms. The molecule has 1 amide bonds. The molecule has 1 aromatic carbocycles. The summed E-state index contributed by atoms with van der Waals surface area (Å²) in [7, 11) is 0. The fourth-order valence-electron chi connectivity index (χ4n) is 1.84. The summed E-state index contributed by atoms with van der Waals surface area (Å²) in [5.41, 5.74) is 0.954. The number of aliphatic carboxylic acids is 1. The first-order chi connectivity index (χ1) is 8.09. The first-order valence-electron chi connectivity index (χ1n) is 5.34. The van der Waals surface area contributed by atoms with Crippen LogP contribution in [0.25, 0.3) is 0 Å². The normalized spacial score (nSPS) is 21.1. The highest BCUT2D eigenvalue weighted by Gasteiger charge is 2.38. The highest BCUT2D eigenvalue weighted by molar-refractivity contribution is 5.81. The molecule has 1 aliphatic rings. The maximum atomic E-state index is 11.5. The largest absolute Gasteiger partial charge is 0.478 e. The third-order valence-corrected chi connectivity index (χ3v) is 2.87. The van der Waals surface area contributed by atoms with E-state index in [1.54, 1.807) is 0 Å². The molecule has 2 atom stereocenters. The number of benzene rings is 1. The second-order valence-corrected chi connectivity index (χ2v) is 3.95. The number of hydrogen-bond donors (Lipinski definition) is 1. The molecule has 1 aromatic rings. The van der Waals surface area contributed by atoms with Gasteiger partial charge in [-0.25, -0.2) is 9.59 Å². The molecule has 0 spiro atoms. The molecule has 5 heteroatoms. The Morgan fingerprint density at radius 2 is 2.12 bits per heavy atom. The number of amides is 1. The Labute approximate surface area is 98.6 Å². The average Bonchev–Trinajstić information content (AvgIpc) is 2.72. The Hall–Kier alpha value is -2.04. The third-order valence-electron chi connectivity index (χ3n) is 2.87. The van der Waals surface area contributed by atoms with Gasteiger partial charge in [0.2, 0.25) is 6.10 Å². The van der Waals surface area contributed by atoms with Gasteiger partial charge in [-0.3, -0.25) is 4.90 Å². The maximum Gasteiger partial charge on any atom is 0.411 e. The van der Waals surface area contributed by atoms with E-state index in [2.05, 4.69) is 0 Å². The summed E-state index contributed by atoms with van der Waals surface area (Å²) in [5, 5.41) is 8.80. The lowest BCUT2D eigenvalue weighted by Gasteiger charge is -2.21. The number of carboxylic acids is 1. The lowest BCUT2D eigenvalue weighted by molar-refractivity contribution is -0.144. The summed E-state index contributed by atoms with van der Waals surface area (Å²) in [4.78, 5) is 23.7. The monoisotopic (exact) mass is 235 g/mol. The van der Waals surface area contributed by atoms with Crippen molar-refractivity contribution in [1.29, 1.82) is 0 Å². The molecule has 0 saturated carbocycles.